The van der Waals surface area contributed by atoms with Gasteiger partial charge in [0.15, 0.2) is 11.5 Å². The highest BCUT2D eigenvalue weighted by molar-refractivity contribution is 5.86. The normalized spacial score (nSPS) is 18.5. The zero-order valence-corrected chi connectivity index (χ0v) is 13.1. The van der Waals surface area contributed by atoms with Crippen LogP contribution in [0.1, 0.15) is 24.5 Å². The van der Waals surface area contributed by atoms with Gasteiger partial charge in [-0.05, 0) is 25.0 Å². The largest absolute Gasteiger partial charge is 0.382 e. The SMILES string of the molecule is Cn1nc(N)c2ccc(C3CCCN(c4cnccn4)C3)nc21. The third-order valence-electron chi connectivity index (χ3n) is 4.45. The van der Waals surface area contributed by atoms with Gasteiger partial charge in [0.2, 0.25) is 0 Å². The summed E-state index contributed by atoms with van der Waals surface area (Å²) in [4.78, 5) is 15.7. The van der Waals surface area contributed by atoms with Gasteiger partial charge in [0.05, 0.1) is 11.6 Å². The van der Waals surface area contributed by atoms with Crippen molar-refractivity contribution in [2.75, 3.05) is 23.7 Å². The fraction of sp³-hybridized carbons (Fsp3) is 0.375. The Morgan fingerprint density at radius 1 is 1.26 bits per heavy atom. The van der Waals surface area contributed by atoms with Crippen molar-refractivity contribution in [3.05, 3.63) is 36.4 Å². The number of pyridine rings is 1. The van der Waals surface area contributed by atoms with E-state index in [1.54, 1.807) is 17.1 Å². The molecule has 0 saturated carbocycles. The fourth-order valence-corrected chi connectivity index (χ4v) is 3.28. The Morgan fingerprint density at radius 2 is 2.17 bits per heavy atom. The van der Waals surface area contributed by atoms with Gasteiger partial charge in [-0.25, -0.2) is 14.6 Å². The molecule has 1 fully saturated rings. The van der Waals surface area contributed by atoms with Crippen LogP contribution >= 0.6 is 0 Å². The molecular weight excluding hydrogens is 290 g/mol. The molecule has 2 N–H and O–H groups in total. The van der Waals surface area contributed by atoms with Crippen LogP contribution in [0, 0.1) is 0 Å². The van der Waals surface area contributed by atoms with Crippen molar-refractivity contribution in [3.63, 3.8) is 0 Å². The highest BCUT2D eigenvalue weighted by atomic mass is 15.3. The molecule has 7 nitrogen and oxygen atoms in total. The average molecular weight is 309 g/mol. The number of fused-ring (bicyclic) bond motifs is 1. The van der Waals surface area contributed by atoms with E-state index in [4.69, 9.17) is 10.7 Å². The standard InChI is InChI=1S/C16H19N7/c1-22-16-12(15(17)21-22)4-5-13(20-16)11-3-2-8-23(10-11)14-9-18-6-7-19-14/h4-7,9,11H,2-3,8,10H2,1H3,(H2,17,21). The molecule has 0 aromatic carbocycles. The minimum absolute atomic E-state index is 0.381. The van der Waals surface area contributed by atoms with E-state index in [2.05, 4.69) is 26.0 Å². The lowest BCUT2D eigenvalue weighted by atomic mass is 9.94. The number of aryl methyl sites for hydroxylation is 1. The van der Waals surface area contributed by atoms with Gasteiger partial charge in [0.1, 0.15) is 5.82 Å². The molecule has 4 rings (SSSR count). The first kappa shape index (κ1) is 13.9. The Bertz CT molecular complexity index is 827. The number of hydrogen-bond donors (Lipinski definition) is 1. The lowest BCUT2D eigenvalue weighted by Gasteiger charge is -2.33. The van der Waals surface area contributed by atoms with Crippen LogP contribution in [0.25, 0.3) is 11.0 Å². The monoisotopic (exact) mass is 309 g/mol. The van der Waals surface area contributed by atoms with Crippen LogP contribution in [0.2, 0.25) is 0 Å². The lowest BCUT2D eigenvalue weighted by Crippen LogP contribution is -2.35. The molecule has 3 aromatic rings. The van der Waals surface area contributed by atoms with Crippen molar-refractivity contribution in [1.82, 2.24) is 24.7 Å². The first-order valence-electron chi connectivity index (χ1n) is 7.82. The molecule has 1 atom stereocenters. The number of nitrogens with two attached hydrogens (primary N) is 1. The highest BCUT2D eigenvalue weighted by Gasteiger charge is 2.24. The van der Waals surface area contributed by atoms with Gasteiger partial charge in [0.25, 0.3) is 0 Å². The molecule has 0 bridgehead atoms. The smallest absolute Gasteiger partial charge is 0.159 e. The Hall–Kier alpha value is -2.70. The van der Waals surface area contributed by atoms with E-state index in [1.807, 2.05) is 19.3 Å². The van der Waals surface area contributed by atoms with E-state index in [0.717, 1.165) is 48.5 Å². The summed E-state index contributed by atoms with van der Waals surface area (Å²) in [5, 5.41) is 5.16. The van der Waals surface area contributed by atoms with Gasteiger partial charge in [-0.3, -0.25) is 4.98 Å². The number of aromatic nitrogens is 5. The van der Waals surface area contributed by atoms with E-state index in [-0.39, 0.29) is 0 Å². The van der Waals surface area contributed by atoms with Gasteiger partial charge in [-0.15, -0.1) is 0 Å². The van der Waals surface area contributed by atoms with Gasteiger partial charge in [0, 0.05) is 44.1 Å². The van der Waals surface area contributed by atoms with Crippen LogP contribution in [-0.2, 0) is 7.05 Å². The van der Waals surface area contributed by atoms with Crippen molar-refractivity contribution in [3.8, 4) is 0 Å². The fourth-order valence-electron chi connectivity index (χ4n) is 3.28. The maximum atomic E-state index is 5.91. The van der Waals surface area contributed by atoms with Crippen molar-refractivity contribution >= 4 is 22.7 Å². The predicted molar refractivity (Wildman–Crippen MR) is 89.1 cm³/mol. The third-order valence-corrected chi connectivity index (χ3v) is 4.45. The molecule has 3 aromatic heterocycles. The summed E-state index contributed by atoms with van der Waals surface area (Å²) in [6, 6.07) is 4.10. The van der Waals surface area contributed by atoms with Crippen LogP contribution in [0.3, 0.4) is 0 Å². The number of rotatable bonds is 2. The topological polar surface area (TPSA) is 85.8 Å². The van der Waals surface area contributed by atoms with Gasteiger partial charge in [-0.2, -0.15) is 5.10 Å². The Labute approximate surface area is 134 Å². The second kappa shape index (κ2) is 5.49. The number of anilines is 2. The van der Waals surface area contributed by atoms with Gasteiger partial charge < -0.3 is 10.6 Å². The first-order chi connectivity index (χ1) is 11.2. The Kier molecular flexibility index (Phi) is 3.33. The number of nitrogen functional groups attached to an aromatic ring is 1. The number of hydrogen-bond acceptors (Lipinski definition) is 6. The summed E-state index contributed by atoms with van der Waals surface area (Å²) >= 11 is 0. The molecule has 0 aliphatic carbocycles. The minimum Gasteiger partial charge on any atom is -0.382 e. The highest BCUT2D eigenvalue weighted by Crippen LogP contribution is 2.29. The summed E-state index contributed by atoms with van der Waals surface area (Å²) in [6.45, 7) is 1.92. The molecule has 0 amide bonds. The Morgan fingerprint density at radius 3 is 3.00 bits per heavy atom. The molecule has 1 saturated heterocycles. The molecule has 4 heterocycles. The lowest BCUT2D eigenvalue weighted by molar-refractivity contribution is 0.498. The summed E-state index contributed by atoms with van der Waals surface area (Å²) in [6.07, 6.45) is 7.51. The molecular formula is C16H19N7. The summed E-state index contributed by atoms with van der Waals surface area (Å²) in [7, 11) is 1.88. The maximum absolute atomic E-state index is 5.91. The third kappa shape index (κ3) is 2.48. The van der Waals surface area contributed by atoms with Crippen molar-refractivity contribution in [1.29, 1.82) is 0 Å². The van der Waals surface area contributed by atoms with Crippen LogP contribution in [-0.4, -0.2) is 37.8 Å². The summed E-state index contributed by atoms with van der Waals surface area (Å²) in [5.74, 6) is 1.85. The number of nitrogens with zero attached hydrogens (tertiary/aromatic N) is 6. The van der Waals surface area contributed by atoms with Gasteiger partial charge in [-0.1, -0.05) is 0 Å². The van der Waals surface area contributed by atoms with E-state index >= 15 is 0 Å². The van der Waals surface area contributed by atoms with Crippen LogP contribution in [0.15, 0.2) is 30.7 Å². The van der Waals surface area contributed by atoms with Crippen LogP contribution in [0.5, 0.6) is 0 Å². The molecule has 1 aliphatic rings. The van der Waals surface area contributed by atoms with E-state index < -0.39 is 0 Å². The number of piperidine rings is 1. The zero-order chi connectivity index (χ0) is 15.8. The second-order valence-corrected chi connectivity index (χ2v) is 5.96. The van der Waals surface area contributed by atoms with Crippen LogP contribution < -0.4 is 10.6 Å². The Balaban J connectivity index is 1.63. The maximum Gasteiger partial charge on any atom is 0.159 e. The second-order valence-electron chi connectivity index (χ2n) is 5.96. The molecule has 1 aliphatic heterocycles. The van der Waals surface area contributed by atoms with E-state index in [9.17, 15) is 0 Å². The first-order valence-corrected chi connectivity index (χ1v) is 7.82. The molecule has 1 unspecified atom stereocenters. The molecule has 23 heavy (non-hydrogen) atoms. The predicted octanol–water partition coefficient (Wildman–Crippen LogP) is 1.72. The van der Waals surface area contributed by atoms with Crippen molar-refractivity contribution in [2.24, 2.45) is 7.05 Å². The average Bonchev–Trinajstić information content (AvgIpc) is 2.90. The molecule has 118 valence electrons. The molecule has 7 heteroatoms. The summed E-state index contributed by atoms with van der Waals surface area (Å²) in [5.41, 5.74) is 7.84. The van der Waals surface area contributed by atoms with Crippen molar-refractivity contribution < 1.29 is 0 Å². The van der Waals surface area contributed by atoms with Gasteiger partial charge >= 0.3 is 0 Å². The molecule has 0 radical (unpaired) electrons. The zero-order valence-electron chi connectivity index (χ0n) is 13.1. The minimum atomic E-state index is 0.381. The van der Waals surface area contributed by atoms with Crippen molar-refractivity contribution in [2.45, 2.75) is 18.8 Å². The quantitative estimate of drug-likeness (QED) is 0.776. The van der Waals surface area contributed by atoms with E-state index in [1.165, 1.54) is 0 Å². The molecule has 0 spiro atoms. The summed E-state index contributed by atoms with van der Waals surface area (Å²) < 4.78 is 1.75. The van der Waals surface area contributed by atoms with Crippen LogP contribution in [0.4, 0.5) is 11.6 Å². The van der Waals surface area contributed by atoms with E-state index in [0.29, 0.717) is 11.7 Å².